The lowest BCUT2D eigenvalue weighted by Crippen LogP contribution is -2.01. The van der Waals surface area contributed by atoms with Crippen molar-refractivity contribution < 1.29 is 19.5 Å². The van der Waals surface area contributed by atoms with E-state index < -0.39 is 5.97 Å². The molecular formula is C17H25NO4. The van der Waals surface area contributed by atoms with E-state index in [2.05, 4.69) is 12.7 Å². The third kappa shape index (κ3) is 10.6. The van der Waals surface area contributed by atoms with Gasteiger partial charge in [0.05, 0.1) is 0 Å². The third-order valence-corrected chi connectivity index (χ3v) is 2.91. The molecule has 0 saturated heterocycles. The molecule has 0 atom stereocenters. The van der Waals surface area contributed by atoms with Crippen molar-refractivity contribution in [2.45, 2.75) is 52.4 Å². The van der Waals surface area contributed by atoms with Crippen molar-refractivity contribution in [1.29, 1.82) is 0 Å². The number of nitrogens with two attached hydrogens (primary N) is 1. The maximum absolute atomic E-state index is 11.8. The number of carboxylic acids is 1. The fourth-order valence-corrected chi connectivity index (χ4v) is 1.79. The third-order valence-electron chi connectivity index (χ3n) is 2.91. The standard InChI is InChI=1S/C15H20O3.C2H5NO/c1-2-3-4-5-14(16)13-9-6-12(7-10-13)8-11-15(17)18;1-2(3)4/h6-7,9-10H,2-5,8,11H2,1H3,(H,17,18);1H3,(H2,3,4). The van der Waals surface area contributed by atoms with Crippen molar-refractivity contribution in [3.05, 3.63) is 35.4 Å². The number of benzene rings is 1. The van der Waals surface area contributed by atoms with Crippen LogP contribution < -0.4 is 5.73 Å². The zero-order valence-corrected chi connectivity index (χ0v) is 13.3. The number of hydrogen-bond donors (Lipinski definition) is 2. The van der Waals surface area contributed by atoms with Crippen LogP contribution in [0.2, 0.25) is 0 Å². The smallest absolute Gasteiger partial charge is 0.303 e. The van der Waals surface area contributed by atoms with Crippen molar-refractivity contribution in [3.8, 4) is 0 Å². The van der Waals surface area contributed by atoms with Gasteiger partial charge in [-0.1, -0.05) is 44.0 Å². The largest absolute Gasteiger partial charge is 0.481 e. The lowest BCUT2D eigenvalue weighted by Gasteiger charge is -2.03. The van der Waals surface area contributed by atoms with Crippen molar-refractivity contribution in [1.82, 2.24) is 0 Å². The number of carbonyl (C=O) groups is 3. The summed E-state index contributed by atoms with van der Waals surface area (Å²) >= 11 is 0. The molecule has 0 saturated carbocycles. The molecular weight excluding hydrogens is 282 g/mol. The summed E-state index contributed by atoms with van der Waals surface area (Å²) in [6.07, 6.45) is 4.38. The Bertz CT molecular complexity index is 476. The van der Waals surface area contributed by atoms with E-state index in [0.717, 1.165) is 30.4 Å². The summed E-state index contributed by atoms with van der Waals surface area (Å²) in [5.41, 5.74) is 6.16. The molecule has 0 aliphatic carbocycles. The van der Waals surface area contributed by atoms with Crippen LogP contribution in [0.5, 0.6) is 0 Å². The molecule has 5 heteroatoms. The topological polar surface area (TPSA) is 97.5 Å². The molecule has 22 heavy (non-hydrogen) atoms. The zero-order chi connectivity index (χ0) is 17.0. The highest BCUT2D eigenvalue weighted by atomic mass is 16.4. The van der Waals surface area contributed by atoms with Gasteiger partial charge in [-0.15, -0.1) is 0 Å². The number of carboxylic acid groups (broad SMARTS) is 1. The Balaban J connectivity index is 0.000000980. The molecule has 1 amide bonds. The molecule has 0 spiro atoms. The number of carbonyl (C=O) groups excluding carboxylic acids is 2. The highest BCUT2D eigenvalue weighted by Crippen LogP contribution is 2.11. The summed E-state index contributed by atoms with van der Waals surface area (Å²) in [7, 11) is 0. The maximum atomic E-state index is 11.8. The molecule has 1 rings (SSSR count). The minimum atomic E-state index is -0.797. The van der Waals surface area contributed by atoms with Crippen molar-refractivity contribution >= 4 is 17.7 Å². The Kier molecular flexibility index (Phi) is 10.4. The van der Waals surface area contributed by atoms with Gasteiger partial charge in [-0.05, 0) is 18.4 Å². The minimum absolute atomic E-state index is 0.129. The van der Waals surface area contributed by atoms with E-state index in [-0.39, 0.29) is 18.1 Å². The summed E-state index contributed by atoms with van der Waals surface area (Å²) in [5, 5.41) is 8.58. The van der Waals surface area contributed by atoms with Gasteiger partial charge in [-0.2, -0.15) is 0 Å². The average molecular weight is 307 g/mol. The monoisotopic (exact) mass is 307 g/mol. The van der Waals surface area contributed by atoms with E-state index >= 15 is 0 Å². The maximum Gasteiger partial charge on any atom is 0.303 e. The van der Waals surface area contributed by atoms with Gasteiger partial charge in [0.2, 0.25) is 5.91 Å². The molecule has 0 radical (unpaired) electrons. The van der Waals surface area contributed by atoms with Crippen molar-refractivity contribution in [2.24, 2.45) is 5.73 Å². The molecule has 0 unspecified atom stereocenters. The Labute approximate surface area is 131 Å². The van der Waals surface area contributed by atoms with Crippen LogP contribution in [0.3, 0.4) is 0 Å². The summed E-state index contributed by atoms with van der Waals surface area (Å²) in [5.74, 6) is -0.956. The van der Waals surface area contributed by atoms with Gasteiger partial charge in [0.1, 0.15) is 0 Å². The summed E-state index contributed by atoms with van der Waals surface area (Å²) in [4.78, 5) is 31.5. The number of amides is 1. The van der Waals surface area contributed by atoms with Gasteiger partial charge in [0.25, 0.3) is 0 Å². The first-order chi connectivity index (χ1) is 10.4. The van der Waals surface area contributed by atoms with Crippen molar-refractivity contribution in [2.75, 3.05) is 0 Å². The first-order valence-electron chi connectivity index (χ1n) is 7.46. The molecule has 0 fully saturated rings. The van der Waals surface area contributed by atoms with Gasteiger partial charge in [0, 0.05) is 25.3 Å². The lowest BCUT2D eigenvalue weighted by atomic mass is 10.0. The van der Waals surface area contributed by atoms with Gasteiger partial charge in [-0.25, -0.2) is 0 Å². The molecule has 3 N–H and O–H groups in total. The second-order valence-corrected chi connectivity index (χ2v) is 5.08. The average Bonchev–Trinajstić information content (AvgIpc) is 2.45. The van der Waals surface area contributed by atoms with Crippen LogP contribution in [0.25, 0.3) is 0 Å². The molecule has 1 aromatic rings. The Morgan fingerprint density at radius 1 is 1.05 bits per heavy atom. The first-order valence-corrected chi connectivity index (χ1v) is 7.46. The molecule has 5 nitrogen and oxygen atoms in total. The van der Waals surface area contributed by atoms with Gasteiger partial charge in [0.15, 0.2) is 5.78 Å². The Morgan fingerprint density at radius 3 is 2.05 bits per heavy atom. The number of aryl methyl sites for hydroxylation is 1. The number of Topliss-reactive ketones (excluding diaryl/α,β-unsaturated/α-hetero) is 1. The van der Waals surface area contributed by atoms with E-state index in [1.165, 1.54) is 6.92 Å². The second-order valence-electron chi connectivity index (χ2n) is 5.08. The van der Waals surface area contributed by atoms with E-state index in [1.54, 1.807) is 12.1 Å². The van der Waals surface area contributed by atoms with Gasteiger partial charge >= 0.3 is 5.97 Å². The number of hydrogen-bond acceptors (Lipinski definition) is 3. The highest BCUT2D eigenvalue weighted by molar-refractivity contribution is 5.96. The summed E-state index contributed by atoms with van der Waals surface area (Å²) in [6, 6.07) is 7.28. The van der Waals surface area contributed by atoms with Crippen LogP contribution in [-0.2, 0) is 16.0 Å². The van der Waals surface area contributed by atoms with Crippen LogP contribution in [-0.4, -0.2) is 22.8 Å². The lowest BCUT2D eigenvalue weighted by molar-refractivity contribution is -0.137. The van der Waals surface area contributed by atoms with E-state index in [4.69, 9.17) is 5.11 Å². The van der Waals surface area contributed by atoms with Crippen LogP contribution >= 0.6 is 0 Å². The molecule has 122 valence electrons. The molecule has 0 heterocycles. The quantitative estimate of drug-likeness (QED) is 0.570. The van der Waals surface area contributed by atoms with Crippen LogP contribution in [0.1, 0.15) is 61.9 Å². The number of primary amides is 1. The fraction of sp³-hybridized carbons (Fsp3) is 0.471. The van der Waals surface area contributed by atoms with E-state index in [1.807, 2.05) is 12.1 Å². The summed E-state index contributed by atoms with van der Waals surface area (Å²) in [6.45, 7) is 3.42. The molecule has 0 aromatic heterocycles. The van der Waals surface area contributed by atoms with Crippen LogP contribution in [0, 0.1) is 0 Å². The number of rotatable bonds is 8. The Hall–Kier alpha value is -2.17. The van der Waals surface area contributed by atoms with Gasteiger partial charge < -0.3 is 10.8 Å². The Morgan fingerprint density at radius 2 is 1.59 bits per heavy atom. The first kappa shape index (κ1) is 19.8. The molecule has 0 aliphatic rings. The zero-order valence-electron chi connectivity index (χ0n) is 13.3. The summed E-state index contributed by atoms with van der Waals surface area (Å²) < 4.78 is 0. The molecule has 1 aromatic carbocycles. The SMILES string of the molecule is CC(N)=O.CCCCCC(=O)c1ccc(CCC(=O)O)cc1. The van der Waals surface area contributed by atoms with E-state index in [9.17, 15) is 14.4 Å². The fourth-order valence-electron chi connectivity index (χ4n) is 1.79. The minimum Gasteiger partial charge on any atom is -0.481 e. The van der Waals surface area contributed by atoms with Crippen LogP contribution in [0.15, 0.2) is 24.3 Å². The van der Waals surface area contributed by atoms with Crippen LogP contribution in [0.4, 0.5) is 0 Å². The van der Waals surface area contributed by atoms with E-state index in [0.29, 0.717) is 12.8 Å². The number of aliphatic carboxylic acids is 1. The highest BCUT2D eigenvalue weighted by Gasteiger charge is 2.05. The van der Waals surface area contributed by atoms with Crippen molar-refractivity contribution in [3.63, 3.8) is 0 Å². The molecule has 0 aliphatic heterocycles. The normalized spacial score (nSPS) is 9.55. The predicted octanol–water partition coefficient (Wildman–Crippen LogP) is 2.96. The number of unbranched alkanes of at least 4 members (excludes halogenated alkanes) is 2. The van der Waals surface area contributed by atoms with Gasteiger partial charge in [-0.3, -0.25) is 14.4 Å². The molecule has 0 bridgehead atoms. The second kappa shape index (κ2) is 11.5. The predicted molar refractivity (Wildman–Crippen MR) is 85.7 cm³/mol. The number of ketones is 1.